The molecule has 0 bridgehead atoms. The second kappa shape index (κ2) is 9.30. The van der Waals surface area contributed by atoms with E-state index in [0.29, 0.717) is 47.0 Å². The molecule has 0 unspecified atom stereocenters. The molecule has 0 saturated carbocycles. The molecule has 2 aromatic heterocycles. The maximum Gasteiger partial charge on any atom is 0.273 e. The van der Waals surface area contributed by atoms with Gasteiger partial charge >= 0.3 is 0 Å². The van der Waals surface area contributed by atoms with Gasteiger partial charge in [0.2, 0.25) is 0 Å². The summed E-state index contributed by atoms with van der Waals surface area (Å²) in [6.07, 6.45) is 3.33. The van der Waals surface area contributed by atoms with Gasteiger partial charge in [0.1, 0.15) is 18.1 Å². The Hall–Kier alpha value is -2.55. The molecule has 0 radical (unpaired) electrons. The summed E-state index contributed by atoms with van der Waals surface area (Å²) < 4.78 is 5.75. The van der Waals surface area contributed by atoms with E-state index < -0.39 is 0 Å². The summed E-state index contributed by atoms with van der Waals surface area (Å²) in [5.41, 5.74) is 0.452. The summed E-state index contributed by atoms with van der Waals surface area (Å²) in [5.74, 6) is 1.19. The van der Waals surface area contributed by atoms with Crippen LogP contribution in [-0.2, 0) is 0 Å². The summed E-state index contributed by atoms with van der Waals surface area (Å²) >= 11 is 7.49. The molecule has 3 heterocycles. The van der Waals surface area contributed by atoms with E-state index in [9.17, 15) is 4.79 Å². The third kappa shape index (κ3) is 4.90. The predicted octanol–water partition coefficient (Wildman–Crippen LogP) is 3.09. The van der Waals surface area contributed by atoms with Crippen molar-refractivity contribution >= 4 is 28.8 Å². The molecule has 1 saturated heterocycles. The van der Waals surface area contributed by atoms with Gasteiger partial charge < -0.3 is 9.64 Å². The largest absolute Gasteiger partial charge is 0.491 e. The van der Waals surface area contributed by atoms with Gasteiger partial charge in [-0.25, -0.2) is 15.0 Å². The van der Waals surface area contributed by atoms with Gasteiger partial charge in [0.25, 0.3) is 5.91 Å². The average Bonchev–Trinajstić information content (AvgIpc) is 3.26. The second-order valence-corrected chi connectivity index (χ2v) is 7.79. The van der Waals surface area contributed by atoms with E-state index in [1.165, 1.54) is 11.3 Å². The van der Waals surface area contributed by atoms with Gasteiger partial charge in [-0.3, -0.25) is 9.69 Å². The fourth-order valence-corrected chi connectivity index (χ4v) is 4.00. The van der Waals surface area contributed by atoms with Crippen LogP contribution in [0.1, 0.15) is 10.5 Å². The maximum atomic E-state index is 12.8. The summed E-state index contributed by atoms with van der Waals surface area (Å²) in [4.78, 5) is 29.7. The van der Waals surface area contributed by atoms with Crippen LogP contribution >= 0.6 is 22.9 Å². The molecule has 0 atom stereocenters. The number of amides is 1. The first kappa shape index (κ1) is 19.8. The topological polar surface area (TPSA) is 71.5 Å². The molecule has 0 aliphatic carbocycles. The first-order chi connectivity index (χ1) is 14.2. The van der Waals surface area contributed by atoms with Crippen LogP contribution in [0.25, 0.3) is 10.8 Å². The molecule has 0 N–H and O–H groups in total. The number of ether oxygens (including phenoxy) is 1. The Morgan fingerprint density at radius 3 is 2.62 bits per heavy atom. The summed E-state index contributed by atoms with van der Waals surface area (Å²) in [7, 11) is 0. The minimum atomic E-state index is -0.0459. The van der Waals surface area contributed by atoms with Crippen LogP contribution in [0.15, 0.2) is 48.1 Å². The fourth-order valence-electron chi connectivity index (χ4n) is 3.07. The lowest BCUT2D eigenvalue weighted by Crippen LogP contribution is -2.49. The van der Waals surface area contributed by atoms with Crippen LogP contribution < -0.4 is 4.74 Å². The minimum absolute atomic E-state index is 0.0459. The molecule has 3 aromatic rings. The Labute approximate surface area is 177 Å². The molecule has 1 fully saturated rings. The summed E-state index contributed by atoms with van der Waals surface area (Å²) in [6, 6.07) is 9.21. The number of piperazine rings is 1. The van der Waals surface area contributed by atoms with Crippen LogP contribution in [0.3, 0.4) is 0 Å². The molecular weight excluding hydrogens is 410 g/mol. The Kier molecular flexibility index (Phi) is 6.33. The normalized spacial score (nSPS) is 14.7. The van der Waals surface area contributed by atoms with Gasteiger partial charge in [-0.05, 0) is 18.2 Å². The number of hydrogen-bond donors (Lipinski definition) is 0. The third-order valence-corrected chi connectivity index (χ3v) is 5.79. The number of nitrogens with zero attached hydrogens (tertiary/aromatic N) is 5. The molecule has 0 spiro atoms. The first-order valence-corrected chi connectivity index (χ1v) is 10.6. The Bertz CT molecular complexity index is 960. The van der Waals surface area contributed by atoms with Gasteiger partial charge in [-0.2, -0.15) is 0 Å². The summed E-state index contributed by atoms with van der Waals surface area (Å²) in [6.45, 7) is 4.29. The van der Waals surface area contributed by atoms with E-state index in [1.807, 2.05) is 29.2 Å². The molecular formula is C20H20ClN5O2S. The van der Waals surface area contributed by atoms with Crippen molar-refractivity contribution in [3.8, 4) is 16.6 Å². The van der Waals surface area contributed by atoms with Gasteiger partial charge in [-0.15, -0.1) is 11.3 Å². The quantitative estimate of drug-likeness (QED) is 0.599. The highest BCUT2D eigenvalue weighted by Gasteiger charge is 2.24. The second-order valence-electron chi connectivity index (χ2n) is 6.52. The Morgan fingerprint density at radius 2 is 1.86 bits per heavy atom. The zero-order valence-corrected chi connectivity index (χ0v) is 17.3. The van der Waals surface area contributed by atoms with Crippen molar-refractivity contribution in [1.82, 2.24) is 24.8 Å². The lowest BCUT2D eigenvalue weighted by Gasteiger charge is -2.34. The highest BCUT2D eigenvalue weighted by molar-refractivity contribution is 7.13. The number of thiazole rings is 1. The van der Waals surface area contributed by atoms with Crippen LogP contribution in [0.4, 0.5) is 0 Å². The zero-order chi connectivity index (χ0) is 20.1. The van der Waals surface area contributed by atoms with Crippen molar-refractivity contribution in [2.75, 3.05) is 39.3 Å². The number of carbonyl (C=O) groups is 1. The third-order valence-electron chi connectivity index (χ3n) is 4.64. The van der Waals surface area contributed by atoms with E-state index in [4.69, 9.17) is 16.3 Å². The SMILES string of the molecule is O=C(c1csc(-c2ncccn2)n1)N1CCN(CCOc2ccccc2Cl)CC1. The van der Waals surface area contributed by atoms with Crippen molar-refractivity contribution in [2.45, 2.75) is 0 Å². The van der Waals surface area contributed by atoms with Crippen LogP contribution in [-0.4, -0.2) is 70.0 Å². The van der Waals surface area contributed by atoms with Crippen molar-refractivity contribution in [3.05, 3.63) is 58.8 Å². The molecule has 1 amide bonds. The number of hydrogen-bond acceptors (Lipinski definition) is 7. The van der Waals surface area contributed by atoms with Crippen molar-refractivity contribution in [2.24, 2.45) is 0 Å². The molecule has 150 valence electrons. The number of halogens is 1. The lowest BCUT2D eigenvalue weighted by atomic mass is 10.3. The van der Waals surface area contributed by atoms with Gasteiger partial charge in [-0.1, -0.05) is 23.7 Å². The minimum Gasteiger partial charge on any atom is -0.491 e. The van der Waals surface area contributed by atoms with Crippen LogP contribution in [0.5, 0.6) is 5.75 Å². The number of rotatable bonds is 6. The molecule has 1 aliphatic rings. The van der Waals surface area contributed by atoms with E-state index in [2.05, 4.69) is 19.9 Å². The van der Waals surface area contributed by atoms with Gasteiger partial charge in [0.15, 0.2) is 10.8 Å². The monoisotopic (exact) mass is 429 g/mol. The highest BCUT2D eigenvalue weighted by atomic mass is 35.5. The maximum absolute atomic E-state index is 12.8. The van der Waals surface area contributed by atoms with Gasteiger partial charge in [0, 0.05) is 50.5 Å². The molecule has 7 nitrogen and oxygen atoms in total. The molecule has 4 rings (SSSR count). The Balaban J connectivity index is 1.26. The zero-order valence-electron chi connectivity index (χ0n) is 15.7. The van der Waals surface area contributed by atoms with E-state index in [-0.39, 0.29) is 5.91 Å². The fraction of sp³-hybridized carbons (Fsp3) is 0.300. The molecule has 1 aliphatic heterocycles. The highest BCUT2D eigenvalue weighted by Crippen LogP contribution is 2.23. The smallest absolute Gasteiger partial charge is 0.273 e. The predicted molar refractivity (Wildman–Crippen MR) is 112 cm³/mol. The van der Waals surface area contributed by atoms with Crippen molar-refractivity contribution < 1.29 is 9.53 Å². The molecule has 29 heavy (non-hydrogen) atoms. The number of carbonyl (C=O) groups excluding carboxylic acids is 1. The average molecular weight is 430 g/mol. The van der Waals surface area contributed by atoms with Crippen LogP contribution in [0.2, 0.25) is 5.02 Å². The Morgan fingerprint density at radius 1 is 1.10 bits per heavy atom. The molecule has 9 heteroatoms. The first-order valence-electron chi connectivity index (χ1n) is 9.32. The number of para-hydroxylation sites is 1. The summed E-state index contributed by atoms with van der Waals surface area (Å²) in [5, 5.41) is 3.05. The molecule has 1 aromatic carbocycles. The van der Waals surface area contributed by atoms with E-state index in [0.717, 1.165) is 19.6 Å². The lowest BCUT2D eigenvalue weighted by molar-refractivity contribution is 0.0615. The van der Waals surface area contributed by atoms with E-state index >= 15 is 0 Å². The van der Waals surface area contributed by atoms with Crippen molar-refractivity contribution in [1.29, 1.82) is 0 Å². The number of aromatic nitrogens is 3. The van der Waals surface area contributed by atoms with Crippen LogP contribution in [0, 0.1) is 0 Å². The van der Waals surface area contributed by atoms with E-state index in [1.54, 1.807) is 23.8 Å². The van der Waals surface area contributed by atoms with Crippen molar-refractivity contribution in [3.63, 3.8) is 0 Å². The van der Waals surface area contributed by atoms with Gasteiger partial charge in [0.05, 0.1) is 5.02 Å². The standard InChI is InChI=1S/C20H20ClN5O2S/c21-15-4-1-2-5-17(15)28-13-12-25-8-10-26(11-9-25)20(27)16-14-29-19(24-16)18-22-6-3-7-23-18/h1-7,14H,8-13H2. The number of benzene rings is 1.